The predicted molar refractivity (Wildman–Crippen MR) is 62.2 cm³/mol. The summed E-state index contributed by atoms with van der Waals surface area (Å²) in [5.41, 5.74) is 1.03. The van der Waals surface area contributed by atoms with Crippen molar-refractivity contribution < 1.29 is 4.79 Å². The molecular formula is C11H18N4O. The summed E-state index contributed by atoms with van der Waals surface area (Å²) in [4.78, 5) is 11.9. The average molecular weight is 222 g/mol. The van der Waals surface area contributed by atoms with Gasteiger partial charge in [0.2, 0.25) is 5.91 Å². The highest BCUT2D eigenvalue weighted by atomic mass is 16.2. The number of anilines is 1. The van der Waals surface area contributed by atoms with E-state index in [1.54, 1.807) is 4.68 Å². The molecule has 1 fully saturated rings. The lowest BCUT2D eigenvalue weighted by molar-refractivity contribution is -0.118. The standard InChI is InChI=1S/C11H18N4O/c1-8-7-10(14-15(8)2)13-11(16)9-5-3-4-6-12-9/h7,9,12H,3-6H2,1-2H3,(H,13,14,16)/t9-/m0/s1. The van der Waals surface area contributed by atoms with Crippen molar-refractivity contribution in [3.8, 4) is 0 Å². The van der Waals surface area contributed by atoms with Gasteiger partial charge in [-0.25, -0.2) is 0 Å². The number of hydrogen-bond acceptors (Lipinski definition) is 3. The molecule has 1 saturated heterocycles. The third-order valence-corrected chi connectivity index (χ3v) is 2.99. The first-order valence-electron chi connectivity index (χ1n) is 5.72. The number of piperidine rings is 1. The van der Waals surface area contributed by atoms with Gasteiger partial charge in [-0.3, -0.25) is 9.48 Å². The van der Waals surface area contributed by atoms with Crippen molar-refractivity contribution >= 4 is 11.7 Å². The van der Waals surface area contributed by atoms with Crippen LogP contribution in [0.3, 0.4) is 0 Å². The molecule has 0 unspecified atom stereocenters. The van der Waals surface area contributed by atoms with Crippen LogP contribution in [0.1, 0.15) is 25.0 Å². The smallest absolute Gasteiger partial charge is 0.242 e. The molecule has 0 aliphatic carbocycles. The molecule has 0 spiro atoms. The molecule has 2 N–H and O–H groups in total. The molecule has 0 radical (unpaired) electrons. The Labute approximate surface area is 95.2 Å². The van der Waals surface area contributed by atoms with Gasteiger partial charge < -0.3 is 10.6 Å². The van der Waals surface area contributed by atoms with E-state index in [4.69, 9.17) is 0 Å². The first kappa shape index (κ1) is 11.1. The van der Waals surface area contributed by atoms with Gasteiger partial charge in [0.05, 0.1) is 6.04 Å². The van der Waals surface area contributed by atoms with E-state index < -0.39 is 0 Å². The normalized spacial score (nSPS) is 20.8. The van der Waals surface area contributed by atoms with Crippen LogP contribution in [0, 0.1) is 6.92 Å². The third kappa shape index (κ3) is 2.41. The fourth-order valence-corrected chi connectivity index (χ4v) is 1.91. The first-order valence-corrected chi connectivity index (χ1v) is 5.72. The van der Waals surface area contributed by atoms with Gasteiger partial charge in [-0.15, -0.1) is 0 Å². The van der Waals surface area contributed by atoms with Crippen molar-refractivity contribution in [2.75, 3.05) is 11.9 Å². The van der Waals surface area contributed by atoms with Crippen molar-refractivity contribution in [2.24, 2.45) is 7.05 Å². The molecule has 1 aliphatic heterocycles. The van der Waals surface area contributed by atoms with E-state index in [2.05, 4.69) is 15.7 Å². The number of aromatic nitrogens is 2. The van der Waals surface area contributed by atoms with Crippen LogP contribution in [0.25, 0.3) is 0 Å². The summed E-state index contributed by atoms with van der Waals surface area (Å²) in [6, 6.07) is 1.82. The molecule has 2 rings (SSSR count). The number of amides is 1. The minimum absolute atomic E-state index is 0.0257. The number of rotatable bonds is 2. The molecule has 2 heterocycles. The van der Waals surface area contributed by atoms with Crippen LogP contribution in [-0.2, 0) is 11.8 Å². The van der Waals surface area contributed by atoms with Gasteiger partial charge in [0, 0.05) is 18.8 Å². The highest BCUT2D eigenvalue weighted by Gasteiger charge is 2.21. The van der Waals surface area contributed by atoms with Crippen LogP contribution in [0.2, 0.25) is 0 Å². The molecule has 1 amide bonds. The molecule has 1 aliphatic rings. The highest BCUT2D eigenvalue weighted by molar-refractivity contribution is 5.94. The number of carbonyl (C=O) groups is 1. The molecule has 0 saturated carbocycles. The van der Waals surface area contributed by atoms with Gasteiger partial charge in [0.15, 0.2) is 5.82 Å². The van der Waals surface area contributed by atoms with Crippen molar-refractivity contribution in [3.63, 3.8) is 0 Å². The maximum absolute atomic E-state index is 11.9. The van der Waals surface area contributed by atoms with Gasteiger partial charge in [0.25, 0.3) is 0 Å². The van der Waals surface area contributed by atoms with E-state index in [1.807, 2.05) is 20.0 Å². The Balaban J connectivity index is 1.95. The van der Waals surface area contributed by atoms with E-state index in [9.17, 15) is 4.79 Å². The van der Waals surface area contributed by atoms with Gasteiger partial charge >= 0.3 is 0 Å². The fourth-order valence-electron chi connectivity index (χ4n) is 1.91. The molecule has 16 heavy (non-hydrogen) atoms. The van der Waals surface area contributed by atoms with Gasteiger partial charge in [-0.1, -0.05) is 6.42 Å². The maximum atomic E-state index is 11.9. The number of hydrogen-bond donors (Lipinski definition) is 2. The molecule has 0 bridgehead atoms. The summed E-state index contributed by atoms with van der Waals surface area (Å²) in [5.74, 6) is 0.662. The van der Waals surface area contributed by atoms with Gasteiger partial charge in [-0.05, 0) is 26.3 Å². The lowest BCUT2D eigenvalue weighted by atomic mass is 10.0. The van der Waals surface area contributed by atoms with E-state index in [0.29, 0.717) is 5.82 Å². The molecule has 5 nitrogen and oxygen atoms in total. The van der Waals surface area contributed by atoms with Crippen molar-refractivity contribution in [3.05, 3.63) is 11.8 Å². The summed E-state index contributed by atoms with van der Waals surface area (Å²) >= 11 is 0. The predicted octanol–water partition coefficient (Wildman–Crippen LogP) is 0.809. The molecular weight excluding hydrogens is 204 g/mol. The molecule has 5 heteroatoms. The van der Waals surface area contributed by atoms with E-state index >= 15 is 0 Å². The van der Waals surface area contributed by atoms with Gasteiger partial charge in [0.1, 0.15) is 0 Å². The van der Waals surface area contributed by atoms with Crippen LogP contribution < -0.4 is 10.6 Å². The largest absolute Gasteiger partial charge is 0.308 e. The zero-order valence-electron chi connectivity index (χ0n) is 9.79. The fraction of sp³-hybridized carbons (Fsp3) is 0.636. The van der Waals surface area contributed by atoms with Crippen molar-refractivity contribution in [1.29, 1.82) is 0 Å². The van der Waals surface area contributed by atoms with Crippen molar-refractivity contribution in [1.82, 2.24) is 15.1 Å². The lowest BCUT2D eigenvalue weighted by Crippen LogP contribution is -2.43. The summed E-state index contributed by atoms with van der Waals surface area (Å²) in [6.07, 6.45) is 3.19. The minimum Gasteiger partial charge on any atom is -0.308 e. The van der Waals surface area contributed by atoms with E-state index in [1.165, 1.54) is 0 Å². The van der Waals surface area contributed by atoms with Crippen LogP contribution >= 0.6 is 0 Å². The Kier molecular flexibility index (Phi) is 3.24. The Morgan fingerprint density at radius 3 is 3.00 bits per heavy atom. The second-order valence-electron chi connectivity index (χ2n) is 4.29. The second kappa shape index (κ2) is 4.65. The third-order valence-electron chi connectivity index (χ3n) is 2.99. The summed E-state index contributed by atoms with van der Waals surface area (Å²) in [6.45, 7) is 2.89. The molecule has 0 aromatic carbocycles. The Hall–Kier alpha value is -1.36. The summed E-state index contributed by atoms with van der Waals surface area (Å²) in [7, 11) is 1.86. The van der Waals surface area contributed by atoms with Crippen LogP contribution in [0.4, 0.5) is 5.82 Å². The maximum Gasteiger partial charge on any atom is 0.242 e. The number of nitrogens with one attached hydrogen (secondary N) is 2. The SMILES string of the molecule is Cc1cc(NC(=O)[C@@H]2CCCCN2)nn1C. The average Bonchev–Trinajstić information content (AvgIpc) is 2.59. The topological polar surface area (TPSA) is 59.0 Å². The molecule has 1 atom stereocenters. The number of carbonyl (C=O) groups excluding carboxylic acids is 1. The van der Waals surface area contributed by atoms with Crippen LogP contribution in [0.15, 0.2) is 6.07 Å². The first-order chi connectivity index (χ1) is 7.66. The molecule has 1 aromatic rings. The number of aryl methyl sites for hydroxylation is 2. The Bertz CT molecular complexity index is 360. The number of nitrogens with zero attached hydrogens (tertiary/aromatic N) is 2. The minimum atomic E-state index is -0.0592. The Morgan fingerprint density at radius 1 is 1.62 bits per heavy atom. The summed E-state index contributed by atoms with van der Waals surface area (Å²) in [5, 5.41) is 10.3. The lowest BCUT2D eigenvalue weighted by Gasteiger charge is -2.21. The van der Waals surface area contributed by atoms with Crippen LogP contribution in [-0.4, -0.2) is 28.3 Å². The molecule has 88 valence electrons. The van der Waals surface area contributed by atoms with E-state index in [-0.39, 0.29) is 11.9 Å². The second-order valence-corrected chi connectivity index (χ2v) is 4.29. The van der Waals surface area contributed by atoms with Crippen LogP contribution in [0.5, 0.6) is 0 Å². The summed E-state index contributed by atoms with van der Waals surface area (Å²) < 4.78 is 1.75. The molecule has 1 aromatic heterocycles. The highest BCUT2D eigenvalue weighted by Crippen LogP contribution is 2.11. The van der Waals surface area contributed by atoms with E-state index in [0.717, 1.165) is 31.5 Å². The quantitative estimate of drug-likeness (QED) is 0.778. The zero-order chi connectivity index (χ0) is 11.5. The Morgan fingerprint density at radius 2 is 2.44 bits per heavy atom. The zero-order valence-corrected chi connectivity index (χ0v) is 9.79. The van der Waals surface area contributed by atoms with Crippen molar-refractivity contribution in [2.45, 2.75) is 32.2 Å². The monoisotopic (exact) mass is 222 g/mol. The van der Waals surface area contributed by atoms with Gasteiger partial charge in [-0.2, -0.15) is 5.10 Å².